The zero-order valence-electron chi connectivity index (χ0n) is 17.9. The molecule has 0 saturated heterocycles. The van der Waals surface area contributed by atoms with Crippen LogP contribution >= 0.6 is 0 Å². The number of hydrogen-bond acceptors (Lipinski definition) is 2. The Morgan fingerprint density at radius 2 is 1.72 bits per heavy atom. The number of rotatable bonds is 11. The summed E-state index contributed by atoms with van der Waals surface area (Å²) in [6.45, 7) is 6.50. The van der Waals surface area contributed by atoms with Crippen molar-refractivity contribution in [2.45, 2.75) is 46.2 Å². The fourth-order valence-electron chi connectivity index (χ4n) is 3.17. The molecule has 0 unspecified atom stereocenters. The molecule has 0 aliphatic carbocycles. The Kier molecular flexibility index (Phi) is 9.28. The lowest BCUT2D eigenvalue weighted by Gasteiger charge is -2.28. The van der Waals surface area contributed by atoms with E-state index in [1.165, 1.54) is 0 Å². The van der Waals surface area contributed by atoms with Gasteiger partial charge in [0.15, 0.2) is 0 Å². The maximum atomic E-state index is 13.0. The topological polar surface area (TPSA) is 57.6 Å². The van der Waals surface area contributed by atoms with Crippen LogP contribution in [0.5, 0.6) is 0 Å². The summed E-state index contributed by atoms with van der Waals surface area (Å²) in [5.74, 6) is -0.0111. The molecule has 0 spiro atoms. The average Bonchev–Trinajstić information content (AvgIpc) is 3.14. The van der Waals surface area contributed by atoms with Crippen molar-refractivity contribution in [2.75, 3.05) is 19.6 Å². The minimum absolute atomic E-state index is 0.0111. The number of nitrogens with zero attached hydrogens (tertiary/aromatic N) is 3. The van der Waals surface area contributed by atoms with Gasteiger partial charge in [-0.25, -0.2) is 4.79 Å². The predicted octanol–water partition coefficient (Wildman–Crippen LogP) is 3.78. The number of aromatic nitrogens is 1. The molecule has 1 aromatic carbocycles. The van der Waals surface area contributed by atoms with Gasteiger partial charge in [0.05, 0.1) is 6.54 Å². The number of aryl methyl sites for hydroxylation is 1. The summed E-state index contributed by atoms with van der Waals surface area (Å²) in [5.41, 5.74) is 2.13. The van der Waals surface area contributed by atoms with Gasteiger partial charge in [-0.1, -0.05) is 50.6 Å². The lowest BCUT2D eigenvalue weighted by Crippen LogP contribution is -2.47. The number of unbranched alkanes of at least 4 members (excludes halogenated alkanes) is 1. The van der Waals surface area contributed by atoms with E-state index in [-0.39, 0.29) is 18.5 Å². The molecule has 1 aromatic heterocycles. The summed E-state index contributed by atoms with van der Waals surface area (Å²) in [7, 11) is 1.98. The normalized spacial score (nSPS) is 10.6. The summed E-state index contributed by atoms with van der Waals surface area (Å²) in [5, 5.41) is 2.94. The highest BCUT2D eigenvalue weighted by Crippen LogP contribution is 2.09. The molecule has 6 nitrogen and oxygen atoms in total. The lowest BCUT2D eigenvalue weighted by atomic mass is 10.2. The fraction of sp³-hybridized carbons (Fsp3) is 0.478. The zero-order chi connectivity index (χ0) is 21.1. The van der Waals surface area contributed by atoms with Crippen LogP contribution in [-0.2, 0) is 24.9 Å². The second-order valence-corrected chi connectivity index (χ2v) is 7.35. The van der Waals surface area contributed by atoms with E-state index >= 15 is 0 Å². The van der Waals surface area contributed by atoms with E-state index in [0.29, 0.717) is 26.2 Å². The van der Waals surface area contributed by atoms with Gasteiger partial charge >= 0.3 is 6.03 Å². The van der Waals surface area contributed by atoms with Crippen LogP contribution < -0.4 is 5.32 Å². The Morgan fingerprint density at radius 3 is 2.34 bits per heavy atom. The van der Waals surface area contributed by atoms with Gasteiger partial charge in [-0.05, 0) is 30.5 Å². The van der Waals surface area contributed by atoms with E-state index in [1.54, 1.807) is 4.90 Å². The minimum Gasteiger partial charge on any atom is -0.353 e. The molecule has 0 saturated carbocycles. The van der Waals surface area contributed by atoms with E-state index in [0.717, 1.165) is 30.5 Å². The van der Waals surface area contributed by atoms with E-state index in [1.807, 2.05) is 72.1 Å². The average molecular weight is 399 g/mol. The maximum absolute atomic E-state index is 13.0. The molecular formula is C23H34N4O2. The van der Waals surface area contributed by atoms with Gasteiger partial charge in [-0.2, -0.15) is 0 Å². The molecule has 0 bridgehead atoms. The van der Waals surface area contributed by atoms with Crippen LogP contribution in [0.3, 0.4) is 0 Å². The smallest absolute Gasteiger partial charge is 0.318 e. The molecule has 0 fully saturated rings. The molecule has 0 atom stereocenters. The molecule has 2 rings (SSSR count). The molecule has 0 aliphatic rings. The molecule has 3 amide bonds. The third-order valence-corrected chi connectivity index (χ3v) is 4.93. The Bertz CT molecular complexity index is 757. The number of amides is 3. The summed E-state index contributed by atoms with van der Waals surface area (Å²) >= 11 is 0. The van der Waals surface area contributed by atoms with Crippen LogP contribution in [0.2, 0.25) is 0 Å². The molecule has 1 heterocycles. The van der Waals surface area contributed by atoms with E-state index in [9.17, 15) is 9.59 Å². The quantitative estimate of drug-likeness (QED) is 0.626. The molecule has 158 valence electrons. The summed E-state index contributed by atoms with van der Waals surface area (Å²) in [6.07, 6.45) is 4.76. The first-order valence-corrected chi connectivity index (χ1v) is 10.5. The highest BCUT2D eigenvalue weighted by molar-refractivity contribution is 5.84. The van der Waals surface area contributed by atoms with Crippen molar-refractivity contribution in [1.29, 1.82) is 0 Å². The first-order valence-electron chi connectivity index (χ1n) is 10.5. The van der Waals surface area contributed by atoms with Crippen LogP contribution in [0.25, 0.3) is 0 Å². The first kappa shape index (κ1) is 22.5. The van der Waals surface area contributed by atoms with Gasteiger partial charge in [0.2, 0.25) is 5.91 Å². The third kappa shape index (κ3) is 7.29. The molecule has 0 radical (unpaired) electrons. The summed E-state index contributed by atoms with van der Waals surface area (Å²) in [4.78, 5) is 29.2. The maximum Gasteiger partial charge on any atom is 0.318 e. The van der Waals surface area contributed by atoms with Gasteiger partial charge in [0.1, 0.15) is 6.54 Å². The molecule has 0 aliphatic heterocycles. The van der Waals surface area contributed by atoms with E-state index in [2.05, 4.69) is 12.2 Å². The van der Waals surface area contributed by atoms with Gasteiger partial charge < -0.3 is 19.7 Å². The van der Waals surface area contributed by atoms with Crippen molar-refractivity contribution in [3.8, 4) is 0 Å². The van der Waals surface area contributed by atoms with Crippen molar-refractivity contribution < 1.29 is 9.59 Å². The number of benzene rings is 1. The second kappa shape index (κ2) is 11.9. The highest BCUT2D eigenvalue weighted by atomic mass is 16.2. The number of carbonyl (C=O) groups excluding carboxylic acids is 2. The standard InChI is InChI=1S/C23H34N4O2/c1-4-6-16-26(18-21-13-10-15-25(21)3)22(28)19-27(14-5-2)23(29)24-17-20-11-8-7-9-12-20/h7-13,15H,4-6,14,16-19H2,1-3H3,(H,24,29). The monoisotopic (exact) mass is 398 g/mol. The van der Waals surface area contributed by atoms with Gasteiger partial charge in [0, 0.05) is 38.6 Å². The first-order chi connectivity index (χ1) is 14.0. The number of nitrogens with one attached hydrogen (secondary N) is 1. The van der Waals surface area contributed by atoms with Crippen molar-refractivity contribution in [3.05, 3.63) is 59.9 Å². The summed E-state index contributed by atoms with van der Waals surface area (Å²) < 4.78 is 2.03. The van der Waals surface area contributed by atoms with E-state index < -0.39 is 0 Å². The lowest BCUT2D eigenvalue weighted by molar-refractivity contribution is -0.132. The van der Waals surface area contributed by atoms with Gasteiger partial charge in [0.25, 0.3) is 0 Å². The number of hydrogen-bond donors (Lipinski definition) is 1. The number of urea groups is 1. The van der Waals surface area contributed by atoms with Crippen molar-refractivity contribution in [2.24, 2.45) is 7.05 Å². The Balaban J connectivity index is 1.99. The largest absolute Gasteiger partial charge is 0.353 e. The van der Waals surface area contributed by atoms with Crippen molar-refractivity contribution >= 4 is 11.9 Å². The highest BCUT2D eigenvalue weighted by Gasteiger charge is 2.21. The molecule has 6 heteroatoms. The Labute approximate surface area is 174 Å². The van der Waals surface area contributed by atoms with Crippen LogP contribution in [0.4, 0.5) is 4.79 Å². The molecule has 2 aromatic rings. The van der Waals surface area contributed by atoms with E-state index in [4.69, 9.17) is 0 Å². The van der Waals surface area contributed by atoms with Crippen LogP contribution in [0.1, 0.15) is 44.4 Å². The summed E-state index contributed by atoms with van der Waals surface area (Å²) in [6, 6.07) is 13.6. The van der Waals surface area contributed by atoms with Crippen molar-refractivity contribution in [3.63, 3.8) is 0 Å². The van der Waals surface area contributed by atoms with Gasteiger partial charge in [-0.15, -0.1) is 0 Å². The van der Waals surface area contributed by atoms with Crippen molar-refractivity contribution in [1.82, 2.24) is 19.7 Å². The van der Waals surface area contributed by atoms with Gasteiger partial charge in [-0.3, -0.25) is 4.79 Å². The minimum atomic E-state index is -0.196. The van der Waals surface area contributed by atoms with Crippen LogP contribution in [-0.4, -0.2) is 45.9 Å². The zero-order valence-corrected chi connectivity index (χ0v) is 17.9. The molecule has 1 N–H and O–H groups in total. The molecular weight excluding hydrogens is 364 g/mol. The van der Waals surface area contributed by atoms with Crippen LogP contribution in [0, 0.1) is 0 Å². The predicted molar refractivity (Wildman–Crippen MR) is 116 cm³/mol. The fourth-order valence-corrected chi connectivity index (χ4v) is 3.17. The Morgan fingerprint density at radius 1 is 0.966 bits per heavy atom. The SMILES string of the molecule is CCCCN(Cc1cccn1C)C(=O)CN(CCC)C(=O)NCc1ccccc1. The van der Waals surface area contributed by atoms with Crippen LogP contribution in [0.15, 0.2) is 48.7 Å². The Hall–Kier alpha value is -2.76. The number of carbonyl (C=O) groups is 2. The third-order valence-electron chi connectivity index (χ3n) is 4.93. The molecule has 29 heavy (non-hydrogen) atoms. The second-order valence-electron chi connectivity index (χ2n) is 7.35.